The topological polar surface area (TPSA) is 0 Å². The Bertz CT molecular complexity index is 139. The molecular weight excluding hydrogens is 204 g/mol. The molecule has 0 saturated heterocycles. The Hall–Kier alpha value is 0. The van der Waals surface area contributed by atoms with Crippen LogP contribution in [0, 0.1) is 23.7 Å². The van der Waals surface area contributed by atoms with Crippen molar-refractivity contribution in [2.75, 3.05) is 0 Å². The Morgan fingerprint density at radius 1 is 0.706 bits per heavy atom. The minimum absolute atomic E-state index is 0.886. The maximum absolute atomic E-state index is 2.39. The van der Waals surface area contributed by atoms with Crippen molar-refractivity contribution < 1.29 is 0 Å². The van der Waals surface area contributed by atoms with Crippen molar-refractivity contribution in [2.45, 2.75) is 86.5 Å². The molecule has 0 bridgehead atoms. The van der Waals surface area contributed by atoms with Crippen LogP contribution in [0.15, 0.2) is 0 Å². The van der Waals surface area contributed by atoms with Gasteiger partial charge in [-0.3, -0.25) is 0 Å². The largest absolute Gasteiger partial charge is 0.0628 e. The third kappa shape index (κ3) is 12.2. The average Bonchev–Trinajstić information content (AvgIpc) is 2.42. The molecule has 17 heavy (non-hydrogen) atoms. The van der Waals surface area contributed by atoms with Crippen LogP contribution in [0.1, 0.15) is 86.5 Å². The molecule has 2 atom stereocenters. The van der Waals surface area contributed by atoms with Gasteiger partial charge in [0.25, 0.3) is 0 Å². The molecule has 0 spiro atoms. The standard InChI is InChI=1S/C9H18.C8H18/c1-8-4-3-5-9(2)7-6-8;1-7(2)5-6-8(3)4/h8-9H,3-7H2,1-2H3;7-8H,5-6H2,1-4H3. The second kappa shape index (κ2) is 9.97. The highest BCUT2D eigenvalue weighted by molar-refractivity contribution is 4.64. The molecule has 1 aliphatic carbocycles. The maximum Gasteiger partial charge on any atom is -0.0443 e. The third-order valence-corrected chi connectivity index (χ3v) is 3.87. The van der Waals surface area contributed by atoms with Gasteiger partial charge in [-0.05, 0) is 23.7 Å². The van der Waals surface area contributed by atoms with Gasteiger partial charge in [0.2, 0.25) is 0 Å². The molecule has 0 nitrogen and oxygen atoms in total. The summed E-state index contributed by atoms with van der Waals surface area (Å²) in [5.74, 6) is 3.79. The first-order chi connectivity index (χ1) is 7.91. The first-order valence-electron chi connectivity index (χ1n) is 7.91. The molecule has 0 heterocycles. The SMILES string of the molecule is CC(C)CCC(C)C.CC1CCCC(C)CC1. The summed E-state index contributed by atoms with van der Waals surface area (Å²) in [6.45, 7) is 13.9. The molecule has 0 aromatic rings. The highest BCUT2D eigenvalue weighted by Gasteiger charge is 2.11. The van der Waals surface area contributed by atoms with Gasteiger partial charge < -0.3 is 0 Å². The molecule has 104 valence electrons. The molecule has 1 aliphatic rings. The maximum atomic E-state index is 2.39. The molecule has 2 unspecified atom stereocenters. The van der Waals surface area contributed by atoms with Crippen LogP contribution in [-0.4, -0.2) is 0 Å². The van der Waals surface area contributed by atoms with Gasteiger partial charge in [-0.15, -0.1) is 0 Å². The van der Waals surface area contributed by atoms with Gasteiger partial charge in [0.15, 0.2) is 0 Å². The predicted octanol–water partition coefficient (Wildman–Crippen LogP) is 6.30. The van der Waals surface area contributed by atoms with E-state index in [1.54, 1.807) is 0 Å². The highest BCUT2D eigenvalue weighted by Crippen LogP contribution is 2.25. The van der Waals surface area contributed by atoms with E-state index in [2.05, 4.69) is 41.5 Å². The van der Waals surface area contributed by atoms with Crippen LogP contribution in [0.5, 0.6) is 0 Å². The highest BCUT2D eigenvalue weighted by atomic mass is 14.2. The minimum atomic E-state index is 0.886. The van der Waals surface area contributed by atoms with Gasteiger partial charge in [-0.1, -0.05) is 86.5 Å². The van der Waals surface area contributed by atoms with Gasteiger partial charge in [0.05, 0.1) is 0 Å². The lowest BCUT2D eigenvalue weighted by Crippen LogP contribution is -1.91. The van der Waals surface area contributed by atoms with E-state index >= 15 is 0 Å². The van der Waals surface area contributed by atoms with Crippen molar-refractivity contribution in [2.24, 2.45) is 23.7 Å². The van der Waals surface area contributed by atoms with Gasteiger partial charge in [0, 0.05) is 0 Å². The number of hydrogen-bond donors (Lipinski definition) is 0. The molecule has 1 saturated carbocycles. The third-order valence-electron chi connectivity index (χ3n) is 3.87. The second-order valence-electron chi connectivity index (χ2n) is 7.08. The lowest BCUT2D eigenvalue weighted by atomic mass is 10.0. The molecule has 1 rings (SSSR count). The van der Waals surface area contributed by atoms with Gasteiger partial charge in [-0.25, -0.2) is 0 Å². The molecule has 0 aromatic heterocycles. The van der Waals surface area contributed by atoms with E-state index in [0.717, 1.165) is 23.7 Å². The normalized spacial score (nSPS) is 25.4. The van der Waals surface area contributed by atoms with Crippen molar-refractivity contribution in [1.82, 2.24) is 0 Å². The van der Waals surface area contributed by atoms with E-state index < -0.39 is 0 Å². The van der Waals surface area contributed by atoms with Crippen LogP contribution in [-0.2, 0) is 0 Å². The molecule has 0 aliphatic heterocycles. The van der Waals surface area contributed by atoms with E-state index in [1.165, 1.54) is 44.9 Å². The summed E-state index contributed by atoms with van der Waals surface area (Å²) in [4.78, 5) is 0. The van der Waals surface area contributed by atoms with Crippen LogP contribution >= 0.6 is 0 Å². The second-order valence-corrected chi connectivity index (χ2v) is 7.08. The monoisotopic (exact) mass is 240 g/mol. The van der Waals surface area contributed by atoms with E-state index in [-0.39, 0.29) is 0 Å². The van der Waals surface area contributed by atoms with Gasteiger partial charge in [-0.2, -0.15) is 0 Å². The Labute approximate surface area is 111 Å². The molecular formula is C17H36. The fraction of sp³-hybridized carbons (Fsp3) is 1.00. The number of rotatable bonds is 3. The minimum Gasteiger partial charge on any atom is -0.0628 e. The van der Waals surface area contributed by atoms with Crippen molar-refractivity contribution in [3.8, 4) is 0 Å². The average molecular weight is 240 g/mol. The zero-order chi connectivity index (χ0) is 13.3. The van der Waals surface area contributed by atoms with Crippen LogP contribution in [0.25, 0.3) is 0 Å². The molecule has 0 aromatic carbocycles. The van der Waals surface area contributed by atoms with Crippen LogP contribution in [0.2, 0.25) is 0 Å². The Morgan fingerprint density at radius 2 is 1.06 bits per heavy atom. The Morgan fingerprint density at radius 3 is 1.35 bits per heavy atom. The molecule has 1 fully saturated rings. The number of hydrogen-bond acceptors (Lipinski definition) is 0. The fourth-order valence-corrected chi connectivity index (χ4v) is 2.34. The van der Waals surface area contributed by atoms with Gasteiger partial charge >= 0.3 is 0 Å². The first-order valence-corrected chi connectivity index (χ1v) is 7.91. The van der Waals surface area contributed by atoms with E-state index in [9.17, 15) is 0 Å². The van der Waals surface area contributed by atoms with Crippen LogP contribution in [0.3, 0.4) is 0 Å². The fourth-order valence-electron chi connectivity index (χ4n) is 2.34. The van der Waals surface area contributed by atoms with Crippen LogP contribution < -0.4 is 0 Å². The van der Waals surface area contributed by atoms with Crippen molar-refractivity contribution in [3.63, 3.8) is 0 Å². The molecule has 0 heteroatoms. The summed E-state index contributed by atoms with van der Waals surface area (Å²) >= 11 is 0. The van der Waals surface area contributed by atoms with Crippen molar-refractivity contribution in [3.05, 3.63) is 0 Å². The smallest absolute Gasteiger partial charge is 0.0443 e. The van der Waals surface area contributed by atoms with Crippen LogP contribution in [0.4, 0.5) is 0 Å². The summed E-state index contributed by atoms with van der Waals surface area (Å²) < 4.78 is 0. The lowest BCUT2D eigenvalue weighted by molar-refractivity contribution is 0.476. The quantitative estimate of drug-likeness (QED) is 0.508. The molecule has 0 N–H and O–H groups in total. The summed E-state index contributed by atoms with van der Waals surface area (Å²) in [6.07, 6.45) is 10.1. The molecule has 0 amide bonds. The summed E-state index contributed by atoms with van der Waals surface area (Å²) in [7, 11) is 0. The van der Waals surface area contributed by atoms with Crippen molar-refractivity contribution >= 4 is 0 Å². The lowest BCUT2D eigenvalue weighted by Gasteiger charge is -2.05. The van der Waals surface area contributed by atoms with E-state index in [4.69, 9.17) is 0 Å². The Balaban J connectivity index is 0.000000304. The van der Waals surface area contributed by atoms with Gasteiger partial charge in [0.1, 0.15) is 0 Å². The zero-order valence-corrected chi connectivity index (χ0v) is 13.3. The molecule has 0 radical (unpaired) electrons. The zero-order valence-electron chi connectivity index (χ0n) is 13.3. The van der Waals surface area contributed by atoms with E-state index in [0.29, 0.717) is 0 Å². The summed E-state index contributed by atoms with van der Waals surface area (Å²) in [5, 5.41) is 0. The van der Waals surface area contributed by atoms with Crippen molar-refractivity contribution in [1.29, 1.82) is 0 Å². The first kappa shape index (κ1) is 17.0. The summed E-state index contributed by atoms with van der Waals surface area (Å²) in [6, 6.07) is 0. The van der Waals surface area contributed by atoms with E-state index in [1.807, 2.05) is 0 Å². The predicted molar refractivity (Wildman–Crippen MR) is 80.3 cm³/mol. The summed E-state index contributed by atoms with van der Waals surface area (Å²) in [5.41, 5.74) is 0. The Kier molecular flexibility index (Phi) is 9.97.